The van der Waals surface area contributed by atoms with Gasteiger partial charge in [0.25, 0.3) is 0 Å². The topological polar surface area (TPSA) is 72.1 Å². The highest BCUT2D eigenvalue weighted by Gasteiger charge is 2.31. The first-order valence-corrected chi connectivity index (χ1v) is 9.73. The van der Waals surface area contributed by atoms with Crippen LogP contribution in [0.3, 0.4) is 0 Å². The number of hydrogen-bond acceptors (Lipinski definition) is 4. The fraction of sp³-hybridized carbons (Fsp3) is 0.261. The Balaban J connectivity index is 1.68. The third-order valence-electron chi connectivity index (χ3n) is 5.26. The molecule has 4 rings (SSSR count). The molecule has 28 heavy (non-hydrogen) atoms. The van der Waals surface area contributed by atoms with Crippen LogP contribution in [0.4, 0.5) is 5.95 Å². The molecule has 0 radical (unpaired) electrons. The number of hydrogen-bond donors (Lipinski definition) is 1. The Morgan fingerprint density at radius 2 is 1.75 bits per heavy atom. The van der Waals surface area contributed by atoms with Gasteiger partial charge in [0, 0.05) is 18.3 Å². The predicted octanol–water partition coefficient (Wildman–Crippen LogP) is 4.02. The van der Waals surface area contributed by atoms with Crippen molar-refractivity contribution < 1.29 is 4.79 Å². The number of anilines is 1. The lowest BCUT2D eigenvalue weighted by Crippen LogP contribution is -2.40. The van der Waals surface area contributed by atoms with Crippen molar-refractivity contribution >= 4 is 11.9 Å². The van der Waals surface area contributed by atoms with Crippen molar-refractivity contribution in [1.29, 1.82) is 0 Å². The number of nitrogens with zero attached hydrogens (tertiary/aromatic N) is 3. The summed E-state index contributed by atoms with van der Waals surface area (Å²) in [6.07, 6.45) is 5.15. The summed E-state index contributed by atoms with van der Waals surface area (Å²) >= 11 is 0. The van der Waals surface area contributed by atoms with Crippen LogP contribution in [0.1, 0.15) is 36.6 Å². The number of likely N-dealkylation sites (tertiary alicyclic amines) is 1. The van der Waals surface area contributed by atoms with Gasteiger partial charge < -0.3 is 10.6 Å². The van der Waals surface area contributed by atoms with Gasteiger partial charge in [0.2, 0.25) is 11.9 Å². The molecule has 0 aliphatic carbocycles. The number of carbonyl (C=O) groups excluding carboxylic acids is 1. The van der Waals surface area contributed by atoms with Crippen LogP contribution in [0.5, 0.6) is 0 Å². The van der Waals surface area contributed by atoms with Crippen LogP contribution in [0, 0.1) is 0 Å². The van der Waals surface area contributed by atoms with E-state index in [0.717, 1.165) is 48.2 Å². The monoisotopic (exact) mass is 372 g/mol. The van der Waals surface area contributed by atoms with Gasteiger partial charge >= 0.3 is 0 Å². The Kier molecular flexibility index (Phi) is 5.33. The van der Waals surface area contributed by atoms with Gasteiger partial charge in [-0.3, -0.25) is 4.79 Å². The summed E-state index contributed by atoms with van der Waals surface area (Å²) in [5.41, 5.74) is 9.79. The number of benzene rings is 2. The van der Waals surface area contributed by atoms with Crippen LogP contribution < -0.4 is 5.73 Å². The molecule has 5 nitrogen and oxygen atoms in total. The number of piperidine rings is 1. The number of amides is 1. The van der Waals surface area contributed by atoms with E-state index in [1.807, 2.05) is 65.6 Å². The Morgan fingerprint density at radius 3 is 2.50 bits per heavy atom. The smallest absolute Gasteiger partial charge is 0.227 e. The Labute approximate surface area is 165 Å². The normalized spacial score (nSPS) is 16.7. The molecule has 2 N–H and O–H groups in total. The van der Waals surface area contributed by atoms with Crippen molar-refractivity contribution in [3.63, 3.8) is 0 Å². The van der Waals surface area contributed by atoms with E-state index < -0.39 is 0 Å². The van der Waals surface area contributed by atoms with E-state index in [0.29, 0.717) is 6.42 Å². The first-order valence-electron chi connectivity index (χ1n) is 9.73. The Hall–Kier alpha value is -3.21. The van der Waals surface area contributed by atoms with Gasteiger partial charge in [-0.2, -0.15) is 0 Å². The van der Waals surface area contributed by atoms with Crippen molar-refractivity contribution in [3.8, 4) is 11.1 Å². The van der Waals surface area contributed by atoms with Gasteiger partial charge in [-0.05, 0) is 30.4 Å². The molecule has 1 aliphatic heterocycles. The van der Waals surface area contributed by atoms with Crippen molar-refractivity contribution in [2.45, 2.75) is 31.7 Å². The lowest BCUT2D eigenvalue weighted by Gasteiger charge is -2.36. The molecular weight excluding hydrogens is 348 g/mol. The van der Waals surface area contributed by atoms with Crippen molar-refractivity contribution in [1.82, 2.24) is 14.9 Å². The van der Waals surface area contributed by atoms with E-state index in [2.05, 4.69) is 9.97 Å². The molecule has 1 saturated heterocycles. The zero-order valence-electron chi connectivity index (χ0n) is 15.8. The number of rotatable bonds is 4. The molecule has 1 amide bonds. The molecular formula is C23H24N4O. The summed E-state index contributed by atoms with van der Waals surface area (Å²) in [5, 5.41) is 0. The van der Waals surface area contributed by atoms with Crippen LogP contribution in [0.2, 0.25) is 0 Å². The van der Waals surface area contributed by atoms with Crippen molar-refractivity contribution in [3.05, 3.63) is 78.1 Å². The molecule has 2 heterocycles. The minimum atomic E-state index is -0.0783. The van der Waals surface area contributed by atoms with E-state index in [1.54, 1.807) is 6.20 Å². The fourth-order valence-electron chi connectivity index (χ4n) is 3.89. The molecule has 1 aliphatic rings. The molecule has 0 spiro atoms. The van der Waals surface area contributed by atoms with E-state index in [9.17, 15) is 4.79 Å². The summed E-state index contributed by atoms with van der Waals surface area (Å²) in [4.78, 5) is 23.9. The molecule has 0 bridgehead atoms. The zero-order valence-corrected chi connectivity index (χ0v) is 15.8. The third-order valence-corrected chi connectivity index (χ3v) is 5.26. The summed E-state index contributed by atoms with van der Waals surface area (Å²) < 4.78 is 0. The fourth-order valence-corrected chi connectivity index (χ4v) is 3.89. The second-order valence-electron chi connectivity index (χ2n) is 7.15. The number of carbonyl (C=O) groups is 1. The highest BCUT2D eigenvalue weighted by molar-refractivity contribution is 5.80. The van der Waals surface area contributed by atoms with Crippen molar-refractivity contribution in [2.75, 3.05) is 12.3 Å². The molecule has 1 atom stereocenters. The molecule has 1 fully saturated rings. The van der Waals surface area contributed by atoms with E-state index >= 15 is 0 Å². The van der Waals surface area contributed by atoms with Gasteiger partial charge in [-0.15, -0.1) is 0 Å². The van der Waals surface area contributed by atoms with Crippen molar-refractivity contribution in [2.24, 2.45) is 0 Å². The van der Waals surface area contributed by atoms with Gasteiger partial charge in [-0.25, -0.2) is 9.97 Å². The van der Waals surface area contributed by atoms with E-state index in [-0.39, 0.29) is 17.9 Å². The Morgan fingerprint density at radius 1 is 1.04 bits per heavy atom. The number of aromatic nitrogens is 2. The summed E-state index contributed by atoms with van der Waals surface area (Å²) in [5.74, 6) is 0.378. The molecule has 142 valence electrons. The van der Waals surface area contributed by atoms with Crippen LogP contribution in [-0.4, -0.2) is 27.3 Å². The number of nitrogens with two attached hydrogens (primary N) is 1. The highest BCUT2D eigenvalue weighted by atomic mass is 16.2. The molecule has 0 saturated carbocycles. The maximum atomic E-state index is 13.1. The van der Waals surface area contributed by atoms with Gasteiger partial charge in [-0.1, -0.05) is 60.7 Å². The summed E-state index contributed by atoms with van der Waals surface area (Å²) in [6, 6.07) is 19.9. The van der Waals surface area contributed by atoms with Crippen LogP contribution in [0.25, 0.3) is 11.1 Å². The minimum absolute atomic E-state index is 0.0783. The van der Waals surface area contributed by atoms with Crippen LogP contribution >= 0.6 is 0 Å². The SMILES string of the molecule is Nc1ncc(-c2ccccc2)c([C@@H]2CCCCN2C(=O)Cc2ccccc2)n1. The molecule has 1 aromatic heterocycles. The van der Waals surface area contributed by atoms with Gasteiger partial charge in [0.15, 0.2) is 0 Å². The quantitative estimate of drug-likeness (QED) is 0.751. The highest BCUT2D eigenvalue weighted by Crippen LogP contribution is 2.36. The first kappa shape index (κ1) is 18.2. The molecule has 0 unspecified atom stereocenters. The average Bonchev–Trinajstić information content (AvgIpc) is 2.75. The van der Waals surface area contributed by atoms with E-state index in [4.69, 9.17) is 5.73 Å². The standard InChI is InChI=1S/C23H24N4O/c24-23-25-16-19(18-11-5-2-6-12-18)22(26-23)20-13-7-8-14-27(20)21(28)15-17-9-3-1-4-10-17/h1-6,9-12,16,20H,7-8,13-15H2,(H2,24,25,26)/t20-/m0/s1. The minimum Gasteiger partial charge on any atom is -0.368 e. The predicted molar refractivity (Wildman–Crippen MR) is 110 cm³/mol. The molecule has 3 aromatic rings. The first-order chi connectivity index (χ1) is 13.7. The van der Waals surface area contributed by atoms with Crippen LogP contribution in [0.15, 0.2) is 66.9 Å². The molecule has 2 aromatic carbocycles. The third kappa shape index (κ3) is 3.88. The van der Waals surface area contributed by atoms with E-state index in [1.165, 1.54) is 0 Å². The maximum Gasteiger partial charge on any atom is 0.227 e. The summed E-state index contributed by atoms with van der Waals surface area (Å²) in [6.45, 7) is 0.745. The molecule has 5 heteroatoms. The second kappa shape index (κ2) is 8.21. The maximum absolute atomic E-state index is 13.1. The van der Waals surface area contributed by atoms with Gasteiger partial charge in [0.1, 0.15) is 0 Å². The Bertz CT molecular complexity index is 943. The lowest BCUT2D eigenvalue weighted by molar-refractivity contribution is -0.134. The summed E-state index contributed by atoms with van der Waals surface area (Å²) in [7, 11) is 0. The zero-order chi connectivity index (χ0) is 19.3. The lowest BCUT2D eigenvalue weighted by atomic mass is 9.93. The van der Waals surface area contributed by atoms with Gasteiger partial charge in [0.05, 0.1) is 18.2 Å². The second-order valence-corrected chi connectivity index (χ2v) is 7.15. The average molecular weight is 372 g/mol. The largest absolute Gasteiger partial charge is 0.368 e. The van der Waals surface area contributed by atoms with Crippen LogP contribution in [-0.2, 0) is 11.2 Å². The number of nitrogen functional groups attached to an aromatic ring is 1.